The van der Waals surface area contributed by atoms with Crippen LogP contribution < -0.4 is 9.64 Å². The lowest BCUT2D eigenvalue weighted by molar-refractivity contribution is -0.384. The van der Waals surface area contributed by atoms with Crippen molar-refractivity contribution >= 4 is 34.7 Å². The smallest absolute Gasteiger partial charge is 0.289 e. The fraction of sp³-hybridized carbons (Fsp3) is 0.333. The summed E-state index contributed by atoms with van der Waals surface area (Å²) in [6, 6.07) is 11.7. The molecule has 2 aromatic rings. The van der Waals surface area contributed by atoms with Crippen molar-refractivity contribution in [2.45, 2.75) is 39.0 Å². The van der Waals surface area contributed by atoms with E-state index in [1.807, 2.05) is 38.1 Å². The highest BCUT2D eigenvalue weighted by molar-refractivity contribution is 6.32. The number of nitro groups is 1. The Morgan fingerprint density at radius 1 is 1.16 bits per heavy atom. The molecule has 2 aromatic carbocycles. The number of hydrogen-bond acceptors (Lipinski definition) is 5. The number of nitro benzene ring substituents is 1. The maximum absolute atomic E-state index is 13.5. The van der Waals surface area contributed by atoms with Gasteiger partial charge in [0, 0.05) is 41.7 Å². The molecule has 8 heteroatoms. The Morgan fingerprint density at radius 3 is 2.56 bits per heavy atom. The number of carbonyl (C=O) groups excluding carboxylic acids is 2. The third-order valence-electron chi connectivity index (χ3n) is 6.04. The zero-order chi connectivity index (χ0) is 23.2. The molecular weight excluding hydrogens is 432 g/mol. The second-order valence-electron chi connectivity index (χ2n) is 8.92. The van der Waals surface area contributed by atoms with Crippen molar-refractivity contribution in [1.82, 2.24) is 0 Å². The molecule has 0 saturated carbocycles. The summed E-state index contributed by atoms with van der Waals surface area (Å²) in [4.78, 5) is 39.1. The van der Waals surface area contributed by atoms with Gasteiger partial charge in [-0.05, 0) is 30.0 Å². The van der Waals surface area contributed by atoms with Crippen molar-refractivity contribution < 1.29 is 19.2 Å². The van der Waals surface area contributed by atoms with Crippen LogP contribution in [0.15, 0.2) is 53.7 Å². The number of ether oxygens (including phenoxy) is 1. The number of methoxy groups -OCH3 is 1. The minimum absolute atomic E-state index is 0.00985. The number of allylic oxidation sites excluding steroid dienone is 2. The average molecular weight is 455 g/mol. The lowest BCUT2D eigenvalue weighted by Crippen LogP contribution is -2.43. The van der Waals surface area contributed by atoms with Crippen molar-refractivity contribution in [1.29, 1.82) is 0 Å². The molecule has 2 aliphatic rings. The minimum Gasteiger partial charge on any atom is -0.496 e. The fourth-order valence-electron chi connectivity index (χ4n) is 4.71. The molecule has 166 valence electrons. The Bertz CT molecular complexity index is 1170. The standard InChI is InChI=1S/C24H23ClN2O5/c1-24(2)12-19-23(20(28)13-24)16(15-6-4-5-7-21(15)32-3)11-22(29)26(19)14-8-9-17(25)18(10-14)27(30)31/h4-10,16H,11-13H2,1-3H3. The number of benzene rings is 2. The molecule has 0 fully saturated rings. The van der Waals surface area contributed by atoms with Crippen LogP contribution >= 0.6 is 11.6 Å². The molecule has 1 unspecified atom stereocenters. The summed E-state index contributed by atoms with van der Waals surface area (Å²) < 4.78 is 5.51. The summed E-state index contributed by atoms with van der Waals surface area (Å²) in [5.74, 6) is -0.0731. The number of anilines is 1. The van der Waals surface area contributed by atoms with Crippen LogP contribution in [0.1, 0.15) is 44.6 Å². The van der Waals surface area contributed by atoms with Crippen molar-refractivity contribution in [3.05, 3.63) is 74.4 Å². The summed E-state index contributed by atoms with van der Waals surface area (Å²) in [7, 11) is 1.56. The topological polar surface area (TPSA) is 89.8 Å². The lowest BCUT2D eigenvalue weighted by Gasteiger charge is -2.43. The van der Waals surface area contributed by atoms with Gasteiger partial charge in [0.05, 0.1) is 17.7 Å². The van der Waals surface area contributed by atoms with Gasteiger partial charge in [0.25, 0.3) is 5.69 Å². The first-order valence-electron chi connectivity index (χ1n) is 10.3. The van der Waals surface area contributed by atoms with Gasteiger partial charge in [-0.1, -0.05) is 43.6 Å². The van der Waals surface area contributed by atoms with E-state index in [1.165, 1.54) is 17.0 Å². The van der Waals surface area contributed by atoms with Gasteiger partial charge in [-0.25, -0.2) is 0 Å². The van der Waals surface area contributed by atoms with Gasteiger partial charge < -0.3 is 4.74 Å². The van der Waals surface area contributed by atoms with Gasteiger partial charge in [0.2, 0.25) is 5.91 Å². The number of ketones is 1. The van der Waals surface area contributed by atoms with Crippen LogP contribution in [0.25, 0.3) is 0 Å². The minimum atomic E-state index is -0.580. The summed E-state index contributed by atoms with van der Waals surface area (Å²) in [5.41, 5.74) is 1.65. The van der Waals surface area contributed by atoms with Crippen LogP contribution in [0.3, 0.4) is 0 Å². The Hall–Kier alpha value is -3.19. The van der Waals surface area contributed by atoms with E-state index in [-0.39, 0.29) is 34.2 Å². The van der Waals surface area contributed by atoms with E-state index in [0.717, 1.165) is 5.56 Å². The van der Waals surface area contributed by atoms with Crippen LogP contribution in [0, 0.1) is 15.5 Å². The first-order valence-corrected chi connectivity index (χ1v) is 10.7. The maximum atomic E-state index is 13.5. The Kier molecular flexibility index (Phi) is 5.54. The van der Waals surface area contributed by atoms with Crippen LogP contribution in [-0.2, 0) is 9.59 Å². The molecule has 1 aliphatic heterocycles. The molecule has 32 heavy (non-hydrogen) atoms. The number of rotatable bonds is 4. The van der Waals surface area contributed by atoms with Crippen molar-refractivity contribution in [2.24, 2.45) is 5.41 Å². The second-order valence-corrected chi connectivity index (χ2v) is 9.33. The van der Waals surface area contributed by atoms with Gasteiger partial charge in [-0.2, -0.15) is 0 Å². The molecule has 0 aromatic heterocycles. The van der Waals surface area contributed by atoms with E-state index in [0.29, 0.717) is 35.5 Å². The maximum Gasteiger partial charge on any atom is 0.289 e. The quantitative estimate of drug-likeness (QED) is 0.454. The summed E-state index contributed by atoms with van der Waals surface area (Å²) in [6.07, 6.45) is 0.907. The summed E-state index contributed by atoms with van der Waals surface area (Å²) in [6.45, 7) is 3.96. The predicted octanol–water partition coefficient (Wildman–Crippen LogP) is 5.42. The zero-order valence-corrected chi connectivity index (χ0v) is 18.8. The van der Waals surface area contributed by atoms with E-state index >= 15 is 0 Å². The molecule has 0 spiro atoms. The highest BCUT2D eigenvalue weighted by Gasteiger charge is 2.45. The number of hydrogen-bond donors (Lipinski definition) is 0. The fourth-order valence-corrected chi connectivity index (χ4v) is 4.90. The molecule has 4 rings (SSSR count). The Balaban J connectivity index is 1.93. The molecule has 1 atom stereocenters. The number of para-hydroxylation sites is 1. The van der Waals surface area contributed by atoms with Crippen molar-refractivity contribution in [3.8, 4) is 5.75 Å². The normalized spacial score (nSPS) is 20.2. The largest absolute Gasteiger partial charge is 0.496 e. The molecule has 0 radical (unpaired) electrons. The molecule has 0 saturated heterocycles. The Labute approximate surface area is 190 Å². The van der Waals surface area contributed by atoms with E-state index in [1.54, 1.807) is 13.2 Å². The third kappa shape index (κ3) is 3.77. The van der Waals surface area contributed by atoms with E-state index in [2.05, 4.69) is 0 Å². The molecule has 7 nitrogen and oxygen atoms in total. The van der Waals surface area contributed by atoms with Gasteiger partial charge in [0.1, 0.15) is 10.8 Å². The van der Waals surface area contributed by atoms with Crippen LogP contribution in [0.2, 0.25) is 5.02 Å². The number of nitrogens with zero attached hydrogens (tertiary/aromatic N) is 2. The van der Waals surface area contributed by atoms with Crippen LogP contribution in [0.5, 0.6) is 5.75 Å². The van der Waals surface area contributed by atoms with Crippen molar-refractivity contribution in [2.75, 3.05) is 12.0 Å². The number of Topliss-reactive ketones (excluding diaryl/α,β-unsaturated/α-hetero) is 1. The van der Waals surface area contributed by atoms with E-state index in [9.17, 15) is 19.7 Å². The van der Waals surface area contributed by atoms with E-state index in [4.69, 9.17) is 16.3 Å². The molecule has 1 aliphatic carbocycles. The monoisotopic (exact) mass is 454 g/mol. The molecule has 1 heterocycles. The second kappa shape index (κ2) is 8.06. The molecule has 0 N–H and O–H groups in total. The SMILES string of the molecule is COc1ccccc1C1CC(=O)N(c2ccc(Cl)c([N+](=O)[O-])c2)C2=C1C(=O)CC(C)(C)C2. The van der Waals surface area contributed by atoms with Crippen molar-refractivity contribution in [3.63, 3.8) is 0 Å². The predicted molar refractivity (Wildman–Crippen MR) is 121 cm³/mol. The average Bonchev–Trinajstić information content (AvgIpc) is 2.72. The van der Waals surface area contributed by atoms with E-state index < -0.39 is 10.8 Å². The molecule has 1 amide bonds. The highest BCUT2D eigenvalue weighted by Crippen LogP contribution is 2.49. The number of amides is 1. The summed E-state index contributed by atoms with van der Waals surface area (Å²) >= 11 is 5.98. The van der Waals surface area contributed by atoms with Crippen LogP contribution in [0.4, 0.5) is 11.4 Å². The zero-order valence-electron chi connectivity index (χ0n) is 18.1. The van der Waals surface area contributed by atoms with Crippen LogP contribution in [-0.4, -0.2) is 23.7 Å². The molecular formula is C24H23ClN2O5. The van der Waals surface area contributed by atoms with Gasteiger partial charge >= 0.3 is 0 Å². The van der Waals surface area contributed by atoms with Gasteiger partial charge in [-0.15, -0.1) is 0 Å². The molecule has 0 bridgehead atoms. The third-order valence-corrected chi connectivity index (χ3v) is 6.36. The lowest BCUT2D eigenvalue weighted by atomic mass is 9.69. The van der Waals surface area contributed by atoms with Gasteiger partial charge in [0.15, 0.2) is 5.78 Å². The highest BCUT2D eigenvalue weighted by atomic mass is 35.5. The Morgan fingerprint density at radius 2 is 1.88 bits per heavy atom. The number of halogens is 1. The summed E-state index contributed by atoms with van der Waals surface area (Å²) in [5, 5.41) is 11.4. The number of carbonyl (C=O) groups is 2. The first-order chi connectivity index (χ1) is 15.1. The first kappa shape index (κ1) is 22.0. The van der Waals surface area contributed by atoms with Gasteiger partial charge in [-0.3, -0.25) is 24.6 Å².